The van der Waals surface area contributed by atoms with Gasteiger partial charge in [0.25, 0.3) is 5.91 Å². The van der Waals surface area contributed by atoms with Crippen LogP contribution in [0.4, 0.5) is 4.39 Å². The summed E-state index contributed by atoms with van der Waals surface area (Å²) in [6.45, 7) is 2.56. The number of ether oxygens (including phenoxy) is 1. The first-order chi connectivity index (χ1) is 22.1. The number of imidazole rings is 2. The van der Waals surface area contributed by atoms with Crippen LogP contribution in [0.2, 0.25) is 0 Å². The van der Waals surface area contributed by atoms with Crippen molar-refractivity contribution in [1.82, 2.24) is 34.6 Å². The van der Waals surface area contributed by atoms with E-state index in [1.807, 2.05) is 27.6 Å². The Morgan fingerprint density at radius 2 is 1.71 bits per heavy atom. The van der Waals surface area contributed by atoms with Gasteiger partial charge in [-0.15, -0.1) is 0 Å². The molecule has 2 aliphatic carbocycles. The smallest absolute Gasteiger partial charge is 0.256 e. The van der Waals surface area contributed by atoms with Crippen LogP contribution in [0, 0.1) is 5.92 Å². The van der Waals surface area contributed by atoms with Crippen LogP contribution < -0.4 is 10.6 Å². The normalized spacial score (nSPS) is 30.7. The van der Waals surface area contributed by atoms with Crippen LogP contribution in [0.5, 0.6) is 0 Å². The van der Waals surface area contributed by atoms with Crippen LogP contribution in [0.15, 0.2) is 79.5 Å². The van der Waals surface area contributed by atoms with Gasteiger partial charge in [0, 0.05) is 56.5 Å². The SMILES string of the molecule is O=C(NCCCn1ccnc1)C1=CN2C3CC(c4ccccc4)CCC3OC3C(NCCCn4ccnc4)C(F)CC(C1=O)C32. The third-order valence-corrected chi connectivity index (χ3v) is 10.2. The molecule has 1 saturated heterocycles. The Kier molecular flexibility index (Phi) is 8.80. The molecule has 0 radical (unpaired) electrons. The highest BCUT2D eigenvalue weighted by atomic mass is 19.1. The van der Waals surface area contributed by atoms with Gasteiger partial charge < -0.3 is 29.4 Å². The van der Waals surface area contributed by atoms with Crippen LogP contribution in [0.3, 0.4) is 0 Å². The second kappa shape index (κ2) is 13.3. The Morgan fingerprint density at radius 1 is 0.978 bits per heavy atom. The molecular weight excluding hydrogens is 573 g/mol. The average molecular weight is 616 g/mol. The van der Waals surface area contributed by atoms with Gasteiger partial charge in [-0.1, -0.05) is 30.3 Å². The minimum absolute atomic E-state index is 0.00268. The van der Waals surface area contributed by atoms with Crippen molar-refractivity contribution in [2.75, 3.05) is 13.1 Å². The summed E-state index contributed by atoms with van der Waals surface area (Å²) >= 11 is 0. The lowest BCUT2D eigenvalue weighted by Gasteiger charge is -2.59. The summed E-state index contributed by atoms with van der Waals surface area (Å²) < 4.78 is 26.8. The van der Waals surface area contributed by atoms with Crippen molar-refractivity contribution in [3.05, 3.63) is 85.1 Å². The summed E-state index contributed by atoms with van der Waals surface area (Å²) in [5.41, 5.74) is 1.44. The fourth-order valence-corrected chi connectivity index (χ4v) is 7.96. The highest BCUT2D eigenvalue weighted by Crippen LogP contribution is 2.47. The third-order valence-electron chi connectivity index (χ3n) is 10.2. The second-order valence-electron chi connectivity index (χ2n) is 12.9. The van der Waals surface area contributed by atoms with Gasteiger partial charge in [-0.3, -0.25) is 9.59 Å². The summed E-state index contributed by atoms with van der Waals surface area (Å²) in [6, 6.07) is 9.70. The number of halogens is 1. The molecule has 45 heavy (non-hydrogen) atoms. The largest absolute Gasteiger partial charge is 0.369 e. The van der Waals surface area contributed by atoms with Crippen molar-refractivity contribution in [2.45, 2.75) is 94.0 Å². The van der Waals surface area contributed by atoms with Gasteiger partial charge in [0.05, 0.1) is 48.6 Å². The molecule has 4 aliphatic rings. The van der Waals surface area contributed by atoms with E-state index >= 15 is 4.39 Å². The van der Waals surface area contributed by atoms with Gasteiger partial charge in [-0.2, -0.15) is 0 Å². The zero-order valence-corrected chi connectivity index (χ0v) is 25.5. The maximum atomic E-state index is 16.0. The first kappa shape index (κ1) is 29.9. The number of benzene rings is 1. The molecule has 3 fully saturated rings. The van der Waals surface area contributed by atoms with Crippen LogP contribution in [0.1, 0.15) is 50.0 Å². The van der Waals surface area contributed by atoms with Crippen molar-refractivity contribution in [1.29, 1.82) is 0 Å². The number of amides is 1. The highest BCUT2D eigenvalue weighted by molar-refractivity contribution is 6.20. The number of hydrogen-bond donors (Lipinski definition) is 2. The molecule has 8 atom stereocenters. The molecule has 1 aromatic carbocycles. The molecule has 2 saturated carbocycles. The number of rotatable bonds is 11. The maximum absolute atomic E-state index is 16.0. The summed E-state index contributed by atoms with van der Waals surface area (Å²) in [4.78, 5) is 37.8. The predicted octanol–water partition coefficient (Wildman–Crippen LogP) is 3.23. The maximum Gasteiger partial charge on any atom is 0.256 e. The standard InChI is InChI=1S/C34H42FN7O3/c35-27-19-25-31-33(30(27)38-10-4-14-40-16-12-36-21-40)45-29-9-8-24(23-6-2-1-3-7-23)18-28(29)42(31)20-26(32(25)43)34(44)39-11-5-15-41-17-13-37-22-41/h1-3,6-7,12-13,16-17,20-22,24-25,27-31,33,38H,4-5,8-11,14-15,18-19H2,(H,39,44). The number of nitrogens with zero attached hydrogens (tertiary/aromatic N) is 5. The number of aryl methyl sites for hydroxylation is 2. The molecular formula is C34H42FN7O3. The third kappa shape index (κ3) is 6.20. The number of carbonyl (C=O) groups excluding carboxylic acids is 2. The molecule has 3 aromatic rings. The molecule has 2 N–H and O–H groups in total. The average Bonchev–Trinajstić information content (AvgIpc) is 3.79. The molecule has 11 heteroatoms. The topological polar surface area (TPSA) is 106 Å². The van der Waals surface area contributed by atoms with E-state index in [0.717, 1.165) is 32.2 Å². The molecule has 8 unspecified atom stereocenters. The van der Waals surface area contributed by atoms with E-state index in [1.165, 1.54) is 5.56 Å². The van der Waals surface area contributed by atoms with E-state index < -0.39 is 24.2 Å². The van der Waals surface area contributed by atoms with Crippen LogP contribution in [-0.2, 0) is 27.4 Å². The number of hydrogen-bond acceptors (Lipinski definition) is 7. The van der Waals surface area contributed by atoms with Crippen molar-refractivity contribution < 1.29 is 18.7 Å². The zero-order valence-electron chi connectivity index (χ0n) is 25.5. The fourth-order valence-electron chi connectivity index (χ4n) is 7.96. The molecule has 2 aromatic heterocycles. The van der Waals surface area contributed by atoms with E-state index in [1.54, 1.807) is 31.2 Å². The number of ketones is 1. The summed E-state index contributed by atoms with van der Waals surface area (Å²) in [5.74, 6) is -0.933. The second-order valence-corrected chi connectivity index (χ2v) is 12.9. The van der Waals surface area contributed by atoms with Crippen molar-refractivity contribution in [3.8, 4) is 0 Å². The minimum Gasteiger partial charge on any atom is -0.369 e. The van der Waals surface area contributed by atoms with Crippen molar-refractivity contribution >= 4 is 11.7 Å². The molecule has 4 heterocycles. The van der Waals surface area contributed by atoms with E-state index in [-0.39, 0.29) is 41.9 Å². The molecule has 0 spiro atoms. The van der Waals surface area contributed by atoms with E-state index in [0.29, 0.717) is 32.0 Å². The van der Waals surface area contributed by atoms with Gasteiger partial charge in [0.2, 0.25) is 0 Å². The van der Waals surface area contributed by atoms with E-state index in [9.17, 15) is 9.59 Å². The quantitative estimate of drug-likeness (QED) is 0.252. The number of morpholine rings is 1. The Balaban J connectivity index is 1.11. The molecule has 7 rings (SSSR count). The molecule has 1 amide bonds. The molecule has 0 bridgehead atoms. The van der Waals surface area contributed by atoms with E-state index in [2.05, 4.69) is 49.8 Å². The van der Waals surface area contributed by atoms with Crippen molar-refractivity contribution in [3.63, 3.8) is 0 Å². The Labute approximate surface area is 263 Å². The Hall–Kier alpha value is -3.83. The monoisotopic (exact) mass is 615 g/mol. The number of carbonyl (C=O) groups is 2. The summed E-state index contributed by atoms with van der Waals surface area (Å²) in [7, 11) is 0. The minimum atomic E-state index is -1.26. The zero-order chi connectivity index (χ0) is 30.8. The van der Waals surface area contributed by atoms with Gasteiger partial charge in [-0.25, -0.2) is 14.4 Å². The number of Topliss-reactive ketones (excluding diaryl/α,β-unsaturated/α-hetero) is 1. The van der Waals surface area contributed by atoms with Gasteiger partial charge in [0.15, 0.2) is 5.78 Å². The Morgan fingerprint density at radius 3 is 2.42 bits per heavy atom. The predicted molar refractivity (Wildman–Crippen MR) is 166 cm³/mol. The first-order valence-corrected chi connectivity index (χ1v) is 16.4. The number of fused-ring (bicyclic) bond motifs is 2. The number of aromatic nitrogens is 4. The van der Waals surface area contributed by atoms with Crippen molar-refractivity contribution in [2.24, 2.45) is 5.92 Å². The lowest BCUT2D eigenvalue weighted by atomic mass is 9.68. The number of alkyl halides is 1. The van der Waals surface area contributed by atoms with Crippen LogP contribution >= 0.6 is 0 Å². The summed E-state index contributed by atoms with van der Waals surface area (Å²) in [5, 5.41) is 6.42. The number of nitrogens with one attached hydrogen (secondary N) is 2. The van der Waals surface area contributed by atoms with Crippen LogP contribution in [0.25, 0.3) is 0 Å². The lowest BCUT2D eigenvalue weighted by molar-refractivity contribution is -0.198. The Bertz CT molecular complexity index is 1460. The van der Waals surface area contributed by atoms with Crippen LogP contribution in [-0.4, -0.2) is 85.3 Å². The van der Waals surface area contributed by atoms with Gasteiger partial charge >= 0.3 is 0 Å². The molecule has 238 valence electrons. The van der Waals surface area contributed by atoms with Gasteiger partial charge in [-0.05, 0) is 56.6 Å². The lowest BCUT2D eigenvalue weighted by Crippen LogP contribution is -2.73. The molecule has 10 nitrogen and oxygen atoms in total. The first-order valence-electron chi connectivity index (χ1n) is 16.4. The van der Waals surface area contributed by atoms with Gasteiger partial charge in [0.1, 0.15) is 6.17 Å². The van der Waals surface area contributed by atoms with E-state index in [4.69, 9.17) is 4.74 Å². The highest BCUT2D eigenvalue weighted by Gasteiger charge is 2.58. The summed E-state index contributed by atoms with van der Waals surface area (Å²) in [6.07, 6.45) is 15.0. The molecule has 2 aliphatic heterocycles. The fraction of sp³-hybridized carbons (Fsp3) is 0.529.